The molecule has 0 aliphatic rings. The van der Waals surface area contributed by atoms with Gasteiger partial charge in [-0.05, 0) is 70.0 Å². The zero-order valence-corrected chi connectivity index (χ0v) is 21.1. The molecular formula is C28H23BrN2O3S. The van der Waals surface area contributed by atoms with Crippen molar-refractivity contribution < 1.29 is 14.3 Å². The van der Waals surface area contributed by atoms with Gasteiger partial charge in [0, 0.05) is 15.1 Å². The van der Waals surface area contributed by atoms with Crippen molar-refractivity contribution in [3.63, 3.8) is 0 Å². The van der Waals surface area contributed by atoms with Crippen LogP contribution in [0.25, 0.3) is 0 Å². The van der Waals surface area contributed by atoms with Gasteiger partial charge in [0.2, 0.25) is 5.91 Å². The topological polar surface area (TPSA) is 67.4 Å². The van der Waals surface area contributed by atoms with Crippen LogP contribution in [-0.2, 0) is 9.59 Å². The van der Waals surface area contributed by atoms with Gasteiger partial charge in [-0.3, -0.25) is 9.59 Å². The number of ether oxygens (including phenoxy) is 1. The van der Waals surface area contributed by atoms with Crippen molar-refractivity contribution in [2.45, 2.75) is 10.1 Å². The van der Waals surface area contributed by atoms with Gasteiger partial charge in [-0.15, -0.1) is 11.8 Å². The van der Waals surface area contributed by atoms with E-state index in [2.05, 4.69) is 26.6 Å². The van der Waals surface area contributed by atoms with E-state index in [1.54, 1.807) is 12.1 Å². The minimum atomic E-state index is -0.456. The third kappa shape index (κ3) is 7.21. The summed E-state index contributed by atoms with van der Waals surface area (Å²) in [6.45, 7) is -0.0776. The van der Waals surface area contributed by atoms with Gasteiger partial charge >= 0.3 is 0 Å². The Bertz CT molecular complexity index is 1270. The van der Waals surface area contributed by atoms with Crippen molar-refractivity contribution in [2.24, 2.45) is 0 Å². The normalized spacial score (nSPS) is 11.3. The molecule has 0 aliphatic heterocycles. The van der Waals surface area contributed by atoms with Crippen LogP contribution < -0.4 is 15.4 Å². The van der Waals surface area contributed by atoms with Crippen LogP contribution in [0.15, 0.2) is 119 Å². The molecule has 0 heterocycles. The Morgan fingerprint density at radius 1 is 0.771 bits per heavy atom. The number of benzene rings is 4. The van der Waals surface area contributed by atoms with Crippen molar-refractivity contribution in [2.75, 3.05) is 17.2 Å². The largest absolute Gasteiger partial charge is 0.484 e. The van der Waals surface area contributed by atoms with E-state index in [0.717, 1.165) is 20.6 Å². The van der Waals surface area contributed by atoms with Gasteiger partial charge in [0.05, 0.1) is 5.69 Å². The van der Waals surface area contributed by atoms with Crippen LogP contribution in [0.4, 0.5) is 11.4 Å². The lowest BCUT2D eigenvalue weighted by Crippen LogP contribution is -2.20. The predicted octanol–water partition coefficient (Wildman–Crippen LogP) is 6.94. The SMILES string of the molecule is O=C(COc1ccccc1)Nc1ccc(SC(C(=O)Nc2ccccc2Br)c2ccccc2)cc1. The first-order valence-electron chi connectivity index (χ1n) is 10.9. The van der Waals surface area contributed by atoms with Crippen LogP contribution in [0.2, 0.25) is 0 Å². The van der Waals surface area contributed by atoms with Gasteiger partial charge in [-0.2, -0.15) is 0 Å². The Labute approximate surface area is 217 Å². The number of hydrogen-bond acceptors (Lipinski definition) is 4. The Morgan fingerprint density at radius 3 is 2.09 bits per heavy atom. The van der Waals surface area contributed by atoms with E-state index < -0.39 is 5.25 Å². The van der Waals surface area contributed by atoms with Gasteiger partial charge in [0.15, 0.2) is 6.61 Å². The summed E-state index contributed by atoms with van der Waals surface area (Å²) in [7, 11) is 0. The molecule has 0 saturated carbocycles. The average molecular weight is 547 g/mol. The molecule has 0 spiro atoms. The van der Waals surface area contributed by atoms with Crippen LogP contribution >= 0.6 is 27.7 Å². The van der Waals surface area contributed by atoms with E-state index in [-0.39, 0.29) is 18.4 Å². The zero-order chi connectivity index (χ0) is 24.5. The van der Waals surface area contributed by atoms with E-state index in [1.165, 1.54) is 11.8 Å². The number of carbonyl (C=O) groups excluding carboxylic acids is 2. The van der Waals surface area contributed by atoms with Gasteiger partial charge in [-0.25, -0.2) is 0 Å². The molecule has 0 saturated heterocycles. The molecule has 2 N–H and O–H groups in total. The van der Waals surface area contributed by atoms with Crippen molar-refractivity contribution in [1.82, 2.24) is 0 Å². The molecule has 0 aliphatic carbocycles. The third-order valence-electron chi connectivity index (χ3n) is 4.98. The number of rotatable bonds is 9. The summed E-state index contributed by atoms with van der Waals surface area (Å²) in [5.74, 6) is 0.273. The molecule has 0 aromatic heterocycles. The maximum atomic E-state index is 13.2. The highest BCUT2D eigenvalue weighted by Crippen LogP contribution is 2.37. The van der Waals surface area contributed by atoms with Gasteiger partial charge < -0.3 is 15.4 Å². The summed E-state index contributed by atoms with van der Waals surface area (Å²) in [6.07, 6.45) is 0. The van der Waals surface area contributed by atoms with Crippen molar-refractivity contribution in [3.05, 3.63) is 119 Å². The first kappa shape index (κ1) is 24.6. The molecule has 0 fully saturated rings. The first-order chi connectivity index (χ1) is 17.1. The molecule has 4 aromatic rings. The van der Waals surface area contributed by atoms with E-state index in [4.69, 9.17) is 4.74 Å². The van der Waals surface area contributed by atoms with Crippen molar-refractivity contribution >= 4 is 50.9 Å². The smallest absolute Gasteiger partial charge is 0.262 e. The van der Waals surface area contributed by atoms with Gasteiger partial charge in [-0.1, -0.05) is 60.7 Å². The fraction of sp³-hybridized carbons (Fsp3) is 0.0714. The molecule has 7 heteroatoms. The van der Waals surface area contributed by atoms with Gasteiger partial charge in [0.1, 0.15) is 11.0 Å². The quantitative estimate of drug-likeness (QED) is 0.223. The number of amides is 2. The zero-order valence-electron chi connectivity index (χ0n) is 18.7. The fourth-order valence-electron chi connectivity index (χ4n) is 3.28. The highest BCUT2D eigenvalue weighted by atomic mass is 79.9. The lowest BCUT2D eigenvalue weighted by molar-refractivity contribution is -0.118. The molecule has 2 amide bonds. The van der Waals surface area contributed by atoms with Crippen LogP contribution in [0, 0.1) is 0 Å². The summed E-state index contributed by atoms with van der Waals surface area (Å²) >= 11 is 4.93. The second kappa shape index (κ2) is 12.2. The lowest BCUT2D eigenvalue weighted by atomic mass is 10.1. The monoisotopic (exact) mass is 546 g/mol. The second-order valence-corrected chi connectivity index (χ2v) is 9.58. The predicted molar refractivity (Wildman–Crippen MR) is 145 cm³/mol. The highest BCUT2D eigenvalue weighted by Gasteiger charge is 2.22. The lowest BCUT2D eigenvalue weighted by Gasteiger charge is -2.18. The number of hydrogen-bond donors (Lipinski definition) is 2. The molecule has 5 nitrogen and oxygen atoms in total. The molecule has 1 unspecified atom stereocenters. The van der Waals surface area contributed by atoms with E-state index in [0.29, 0.717) is 11.4 Å². The number of nitrogens with one attached hydrogen (secondary N) is 2. The average Bonchev–Trinajstić information content (AvgIpc) is 2.89. The Hall–Kier alpha value is -3.55. The van der Waals surface area contributed by atoms with E-state index in [1.807, 2.05) is 97.1 Å². The van der Waals surface area contributed by atoms with Gasteiger partial charge in [0.25, 0.3) is 5.91 Å². The molecule has 1 atom stereocenters. The summed E-state index contributed by atoms with van der Waals surface area (Å²) in [5.41, 5.74) is 2.28. The molecular weight excluding hydrogens is 524 g/mol. The molecule has 4 aromatic carbocycles. The van der Waals surface area contributed by atoms with Crippen LogP contribution in [0.5, 0.6) is 5.75 Å². The van der Waals surface area contributed by atoms with E-state index >= 15 is 0 Å². The minimum Gasteiger partial charge on any atom is -0.484 e. The molecule has 176 valence electrons. The summed E-state index contributed by atoms with van der Waals surface area (Å²) in [5, 5.41) is 5.39. The van der Waals surface area contributed by atoms with E-state index in [9.17, 15) is 9.59 Å². The molecule has 35 heavy (non-hydrogen) atoms. The fourth-order valence-corrected chi connectivity index (χ4v) is 4.69. The van der Waals surface area contributed by atoms with Crippen LogP contribution in [-0.4, -0.2) is 18.4 Å². The molecule has 0 bridgehead atoms. The third-order valence-corrected chi connectivity index (χ3v) is 6.94. The highest BCUT2D eigenvalue weighted by molar-refractivity contribution is 9.10. The Morgan fingerprint density at radius 2 is 1.40 bits per heavy atom. The number of halogens is 1. The summed E-state index contributed by atoms with van der Waals surface area (Å²) in [4.78, 5) is 26.4. The van der Waals surface area contributed by atoms with Crippen LogP contribution in [0.3, 0.4) is 0 Å². The minimum absolute atomic E-state index is 0.0776. The number of carbonyl (C=O) groups is 2. The summed E-state index contributed by atoms with van der Waals surface area (Å²) in [6, 6.07) is 33.8. The number of anilines is 2. The maximum absolute atomic E-state index is 13.2. The number of para-hydroxylation sites is 2. The Balaban J connectivity index is 1.41. The first-order valence-corrected chi connectivity index (χ1v) is 12.6. The Kier molecular flexibility index (Phi) is 8.59. The van der Waals surface area contributed by atoms with Crippen molar-refractivity contribution in [1.29, 1.82) is 0 Å². The number of thioether (sulfide) groups is 1. The van der Waals surface area contributed by atoms with Crippen LogP contribution in [0.1, 0.15) is 10.8 Å². The molecule has 0 radical (unpaired) electrons. The standard InChI is InChI=1S/C28H23BrN2O3S/c29-24-13-7-8-14-25(24)31-28(33)27(20-9-3-1-4-10-20)35-23-17-15-21(16-18-23)30-26(32)19-34-22-11-5-2-6-12-22/h1-18,27H,19H2,(H,30,32)(H,31,33). The maximum Gasteiger partial charge on any atom is 0.262 e. The van der Waals surface area contributed by atoms with Crippen molar-refractivity contribution in [3.8, 4) is 5.75 Å². The molecule has 4 rings (SSSR count). The second-order valence-electron chi connectivity index (χ2n) is 7.55. The summed E-state index contributed by atoms with van der Waals surface area (Å²) < 4.78 is 6.31.